The number of sulfonamides is 1. The summed E-state index contributed by atoms with van der Waals surface area (Å²) in [6.07, 6.45) is 7.99. The smallest absolute Gasteiger partial charge is 0.319 e. The molecular formula is C21H29N3O3S. The molecule has 0 unspecified atom stereocenters. The van der Waals surface area contributed by atoms with Crippen molar-refractivity contribution in [1.82, 2.24) is 5.32 Å². The van der Waals surface area contributed by atoms with Crippen molar-refractivity contribution in [3.8, 4) is 0 Å². The first-order chi connectivity index (χ1) is 13.3. The Morgan fingerprint density at radius 3 is 2.32 bits per heavy atom. The topological polar surface area (TPSA) is 78.5 Å². The predicted octanol–water partition coefficient (Wildman–Crippen LogP) is 3.63. The lowest BCUT2D eigenvalue weighted by molar-refractivity contribution is -0.0127. The minimum atomic E-state index is -3.23. The Morgan fingerprint density at radius 2 is 1.75 bits per heavy atom. The minimum Gasteiger partial charge on any atom is -0.332 e. The number of carbonyl (C=O) groups excluding carboxylic acids is 1. The van der Waals surface area contributed by atoms with E-state index in [-0.39, 0.29) is 17.3 Å². The first-order valence-electron chi connectivity index (χ1n) is 10.5. The van der Waals surface area contributed by atoms with Gasteiger partial charge in [-0.05, 0) is 87.3 Å². The number of nitrogens with one attached hydrogen (secondary N) is 2. The fourth-order valence-electron chi connectivity index (χ4n) is 6.49. The van der Waals surface area contributed by atoms with Crippen LogP contribution in [-0.4, -0.2) is 32.3 Å². The monoisotopic (exact) mass is 403 g/mol. The highest BCUT2D eigenvalue weighted by Gasteiger charge is 2.51. The molecule has 1 aromatic carbocycles. The van der Waals surface area contributed by atoms with Crippen LogP contribution in [0.25, 0.3) is 0 Å². The number of carbonyl (C=O) groups is 1. The summed E-state index contributed by atoms with van der Waals surface area (Å²) in [6.45, 7) is 2.44. The van der Waals surface area contributed by atoms with E-state index in [1.807, 2.05) is 19.1 Å². The number of hydrogen-bond donors (Lipinski definition) is 2. The minimum absolute atomic E-state index is 0.0390. The molecule has 0 atom stereocenters. The van der Waals surface area contributed by atoms with Gasteiger partial charge in [0.15, 0.2) is 0 Å². The van der Waals surface area contributed by atoms with Crippen LogP contribution in [0.2, 0.25) is 0 Å². The normalized spacial score (nSPS) is 35.2. The fraction of sp³-hybridized carbons (Fsp3) is 0.667. The molecule has 28 heavy (non-hydrogen) atoms. The molecule has 5 aliphatic rings. The van der Waals surface area contributed by atoms with E-state index in [4.69, 9.17) is 0 Å². The number of urea groups is 1. The number of benzene rings is 1. The molecule has 0 radical (unpaired) electrons. The largest absolute Gasteiger partial charge is 0.332 e. The van der Waals surface area contributed by atoms with Crippen LogP contribution < -0.4 is 14.9 Å². The summed E-state index contributed by atoms with van der Waals surface area (Å²) in [5.41, 5.74) is 2.21. The van der Waals surface area contributed by atoms with Gasteiger partial charge in [-0.25, -0.2) is 13.2 Å². The molecular weight excluding hydrogens is 374 g/mol. The van der Waals surface area contributed by atoms with Gasteiger partial charge in [-0.3, -0.25) is 4.31 Å². The summed E-state index contributed by atoms with van der Waals surface area (Å²) in [4.78, 5) is 12.9. The molecule has 4 aliphatic carbocycles. The van der Waals surface area contributed by atoms with Crippen LogP contribution in [0, 0.1) is 24.7 Å². The molecule has 0 aromatic heterocycles. The molecule has 6 nitrogen and oxygen atoms in total. The number of amides is 2. The van der Waals surface area contributed by atoms with Crippen LogP contribution in [0.4, 0.5) is 16.2 Å². The predicted molar refractivity (Wildman–Crippen MR) is 110 cm³/mol. The van der Waals surface area contributed by atoms with E-state index in [1.54, 1.807) is 6.07 Å². The Hall–Kier alpha value is -1.76. The third-order valence-corrected chi connectivity index (χ3v) is 9.14. The highest BCUT2D eigenvalue weighted by molar-refractivity contribution is 7.93. The van der Waals surface area contributed by atoms with Gasteiger partial charge in [0.1, 0.15) is 0 Å². The van der Waals surface area contributed by atoms with Gasteiger partial charge < -0.3 is 10.6 Å². The Morgan fingerprint density at radius 1 is 1.11 bits per heavy atom. The van der Waals surface area contributed by atoms with Crippen molar-refractivity contribution >= 4 is 27.4 Å². The molecule has 4 bridgehead atoms. The zero-order chi connectivity index (χ0) is 19.5. The van der Waals surface area contributed by atoms with Gasteiger partial charge in [-0.2, -0.15) is 0 Å². The van der Waals surface area contributed by atoms with Crippen LogP contribution in [-0.2, 0) is 10.0 Å². The van der Waals surface area contributed by atoms with Crippen molar-refractivity contribution < 1.29 is 13.2 Å². The highest BCUT2D eigenvalue weighted by Crippen LogP contribution is 2.55. The van der Waals surface area contributed by atoms with Gasteiger partial charge in [-0.1, -0.05) is 6.07 Å². The first kappa shape index (κ1) is 18.3. The molecule has 7 heteroatoms. The van der Waals surface area contributed by atoms with Gasteiger partial charge in [0, 0.05) is 17.8 Å². The summed E-state index contributed by atoms with van der Waals surface area (Å²) in [7, 11) is -3.23. The maximum absolute atomic E-state index is 12.9. The number of rotatable bonds is 3. The number of hydrogen-bond acceptors (Lipinski definition) is 3. The molecule has 2 amide bonds. The second-order valence-corrected chi connectivity index (χ2v) is 11.5. The molecule has 6 rings (SSSR count). The van der Waals surface area contributed by atoms with Crippen LogP contribution in [0.3, 0.4) is 0 Å². The standard InChI is InChI=1S/C21H29N3O3S/c1-14-3-4-18(24-5-2-6-28(24,26)27)10-19(14)22-20(25)23-21-11-15-7-16(12-21)9-17(8-15)13-21/h3-4,10,15-17H,2,5-9,11-13H2,1H3,(H2,22,23,25). The third kappa shape index (κ3) is 3.17. The quantitative estimate of drug-likeness (QED) is 0.809. The Kier molecular flexibility index (Phi) is 4.16. The summed E-state index contributed by atoms with van der Waals surface area (Å²) in [6, 6.07) is 5.33. The van der Waals surface area contributed by atoms with Gasteiger partial charge in [0.25, 0.3) is 0 Å². The molecule has 2 N–H and O–H groups in total. The molecule has 1 heterocycles. The lowest BCUT2D eigenvalue weighted by Crippen LogP contribution is -2.60. The lowest BCUT2D eigenvalue weighted by atomic mass is 9.53. The summed E-state index contributed by atoms with van der Waals surface area (Å²) < 4.78 is 25.9. The second kappa shape index (κ2) is 6.37. The summed E-state index contributed by atoms with van der Waals surface area (Å²) in [5.74, 6) is 2.52. The van der Waals surface area contributed by atoms with E-state index in [0.29, 0.717) is 24.3 Å². The van der Waals surface area contributed by atoms with Crippen molar-refractivity contribution in [3.05, 3.63) is 23.8 Å². The van der Waals surface area contributed by atoms with Gasteiger partial charge in [-0.15, -0.1) is 0 Å². The van der Waals surface area contributed by atoms with Crippen LogP contribution in [0.1, 0.15) is 50.5 Å². The van der Waals surface area contributed by atoms with Gasteiger partial charge in [0.2, 0.25) is 10.0 Å². The third-order valence-electron chi connectivity index (χ3n) is 7.27. The van der Waals surface area contributed by atoms with E-state index in [2.05, 4.69) is 10.6 Å². The van der Waals surface area contributed by atoms with Crippen molar-refractivity contribution in [2.75, 3.05) is 21.9 Å². The van der Waals surface area contributed by atoms with Gasteiger partial charge in [0.05, 0.1) is 11.4 Å². The SMILES string of the molecule is Cc1ccc(N2CCCS2(=O)=O)cc1NC(=O)NC12CC3CC(CC(C3)C1)C2. The zero-order valence-corrected chi connectivity index (χ0v) is 17.2. The van der Waals surface area contributed by atoms with E-state index in [0.717, 1.165) is 42.6 Å². The number of nitrogens with zero attached hydrogens (tertiary/aromatic N) is 1. The highest BCUT2D eigenvalue weighted by atomic mass is 32.2. The van der Waals surface area contributed by atoms with E-state index in [9.17, 15) is 13.2 Å². The van der Waals surface area contributed by atoms with Gasteiger partial charge >= 0.3 is 6.03 Å². The first-order valence-corrected chi connectivity index (χ1v) is 12.1. The number of anilines is 2. The Labute approximate surface area is 167 Å². The summed E-state index contributed by atoms with van der Waals surface area (Å²) in [5, 5.41) is 6.33. The molecule has 1 aliphatic heterocycles. The van der Waals surface area contributed by atoms with Crippen LogP contribution >= 0.6 is 0 Å². The molecule has 4 saturated carbocycles. The fourth-order valence-corrected chi connectivity index (χ4v) is 8.04. The number of aryl methyl sites for hydroxylation is 1. The Balaban J connectivity index is 1.32. The lowest BCUT2D eigenvalue weighted by Gasteiger charge is -2.56. The van der Waals surface area contributed by atoms with E-state index >= 15 is 0 Å². The zero-order valence-electron chi connectivity index (χ0n) is 16.4. The average molecular weight is 404 g/mol. The van der Waals surface area contributed by atoms with E-state index in [1.165, 1.54) is 23.6 Å². The van der Waals surface area contributed by atoms with E-state index < -0.39 is 10.0 Å². The van der Waals surface area contributed by atoms with Crippen molar-refractivity contribution in [1.29, 1.82) is 0 Å². The molecule has 152 valence electrons. The molecule has 0 spiro atoms. The molecule has 1 saturated heterocycles. The summed E-state index contributed by atoms with van der Waals surface area (Å²) >= 11 is 0. The maximum Gasteiger partial charge on any atom is 0.319 e. The van der Waals surface area contributed by atoms with Crippen LogP contribution in [0.15, 0.2) is 18.2 Å². The van der Waals surface area contributed by atoms with Crippen LogP contribution in [0.5, 0.6) is 0 Å². The van der Waals surface area contributed by atoms with Crippen molar-refractivity contribution in [2.24, 2.45) is 17.8 Å². The van der Waals surface area contributed by atoms with Crippen molar-refractivity contribution in [3.63, 3.8) is 0 Å². The second-order valence-electron chi connectivity index (χ2n) is 9.52. The average Bonchev–Trinajstić information content (AvgIpc) is 2.94. The Bertz CT molecular complexity index is 876. The maximum atomic E-state index is 12.9. The molecule has 1 aromatic rings. The van der Waals surface area contributed by atoms with Crippen molar-refractivity contribution in [2.45, 2.75) is 57.4 Å². The molecule has 5 fully saturated rings.